The molecule has 0 saturated heterocycles. The standard InChI is InChI=1S/C11H18O/c1-9(2)8-12-11-5-3-10(7-11)4-6-11/h8,10H,3-7H2,1-2H3. The third-order valence-corrected chi connectivity index (χ3v) is 3.22. The fraction of sp³-hybridized carbons (Fsp3) is 0.818. The summed E-state index contributed by atoms with van der Waals surface area (Å²) in [5.41, 5.74) is 1.54. The zero-order chi connectivity index (χ0) is 8.60. The average Bonchev–Trinajstić information content (AvgIpc) is 2.60. The minimum absolute atomic E-state index is 0.266. The second-order valence-electron chi connectivity index (χ2n) is 4.64. The van der Waals surface area contributed by atoms with Gasteiger partial charge in [-0.05, 0) is 57.4 Å². The van der Waals surface area contributed by atoms with E-state index >= 15 is 0 Å². The summed E-state index contributed by atoms with van der Waals surface area (Å²) in [7, 11) is 0. The number of fused-ring (bicyclic) bond motifs is 2. The first-order chi connectivity index (χ1) is 5.70. The Labute approximate surface area is 74.8 Å². The number of rotatable bonds is 2. The summed E-state index contributed by atoms with van der Waals surface area (Å²) in [4.78, 5) is 0. The molecule has 0 spiro atoms. The van der Waals surface area contributed by atoms with Gasteiger partial charge in [0.1, 0.15) is 5.60 Å². The fourth-order valence-electron chi connectivity index (χ4n) is 2.55. The van der Waals surface area contributed by atoms with E-state index in [1.807, 2.05) is 6.26 Å². The zero-order valence-electron chi connectivity index (χ0n) is 8.10. The number of hydrogen-bond acceptors (Lipinski definition) is 1. The lowest BCUT2D eigenvalue weighted by Crippen LogP contribution is -2.24. The van der Waals surface area contributed by atoms with Gasteiger partial charge in [0.05, 0.1) is 6.26 Å². The van der Waals surface area contributed by atoms with Crippen LogP contribution in [0.3, 0.4) is 0 Å². The topological polar surface area (TPSA) is 9.23 Å². The van der Waals surface area contributed by atoms with Gasteiger partial charge in [0.15, 0.2) is 0 Å². The summed E-state index contributed by atoms with van der Waals surface area (Å²) < 4.78 is 5.88. The Morgan fingerprint density at radius 3 is 2.42 bits per heavy atom. The van der Waals surface area contributed by atoms with Crippen molar-refractivity contribution >= 4 is 0 Å². The molecule has 2 fully saturated rings. The molecule has 2 aliphatic carbocycles. The van der Waals surface area contributed by atoms with Crippen molar-refractivity contribution in [2.45, 2.75) is 51.6 Å². The summed E-state index contributed by atoms with van der Waals surface area (Å²) in [5.74, 6) is 0.982. The predicted octanol–water partition coefficient (Wildman–Crippen LogP) is 3.26. The van der Waals surface area contributed by atoms with Crippen LogP contribution in [0, 0.1) is 5.92 Å². The smallest absolute Gasteiger partial charge is 0.108 e. The van der Waals surface area contributed by atoms with E-state index in [2.05, 4.69) is 13.8 Å². The molecule has 1 nitrogen and oxygen atoms in total. The van der Waals surface area contributed by atoms with Gasteiger partial charge in [-0.15, -0.1) is 0 Å². The summed E-state index contributed by atoms with van der Waals surface area (Å²) in [6, 6.07) is 0. The first kappa shape index (κ1) is 8.15. The van der Waals surface area contributed by atoms with Crippen LogP contribution in [0.4, 0.5) is 0 Å². The molecule has 2 saturated carbocycles. The van der Waals surface area contributed by atoms with Crippen LogP contribution in [0.25, 0.3) is 0 Å². The molecule has 0 aromatic carbocycles. The van der Waals surface area contributed by atoms with E-state index in [4.69, 9.17) is 4.74 Å². The van der Waals surface area contributed by atoms with Crippen LogP contribution in [0.2, 0.25) is 0 Å². The highest BCUT2D eigenvalue weighted by molar-refractivity contribution is 5.00. The molecule has 0 unspecified atom stereocenters. The van der Waals surface area contributed by atoms with E-state index in [0.29, 0.717) is 0 Å². The highest BCUT2D eigenvalue weighted by atomic mass is 16.5. The third-order valence-electron chi connectivity index (χ3n) is 3.22. The van der Waals surface area contributed by atoms with Gasteiger partial charge in [0.2, 0.25) is 0 Å². The number of hydrogen-bond donors (Lipinski definition) is 0. The lowest BCUT2D eigenvalue weighted by molar-refractivity contribution is 0.0309. The fourth-order valence-corrected chi connectivity index (χ4v) is 2.55. The van der Waals surface area contributed by atoms with Crippen molar-refractivity contribution in [2.75, 3.05) is 0 Å². The average molecular weight is 166 g/mol. The van der Waals surface area contributed by atoms with Crippen LogP contribution in [0.1, 0.15) is 46.0 Å². The third kappa shape index (κ3) is 1.37. The summed E-state index contributed by atoms with van der Waals surface area (Å²) >= 11 is 0. The summed E-state index contributed by atoms with van der Waals surface area (Å²) in [5, 5.41) is 0. The van der Waals surface area contributed by atoms with E-state index in [1.165, 1.54) is 37.7 Å². The van der Waals surface area contributed by atoms with E-state index in [1.54, 1.807) is 0 Å². The molecule has 0 radical (unpaired) electrons. The van der Waals surface area contributed by atoms with Crippen molar-refractivity contribution < 1.29 is 4.74 Å². The van der Waals surface area contributed by atoms with Crippen molar-refractivity contribution in [1.82, 2.24) is 0 Å². The van der Waals surface area contributed by atoms with E-state index < -0.39 is 0 Å². The molecule has 0 aromatic rings. The van der Waals surface area contributed by atoms with Crippen LogP contribution in [0.5, 0.6) is 0 Å². The maximum atomic E-state index is 5.88. The van der Waals surface area contributed by atoms with Crippen molar-refractivity contribution in [3.63, 3.8) is 0 Å². The summed E-state index contributed by atoms with van der Waals surface area (Å²) in [6.07, 6.45) is 8.65. The molecule has 2 bridgehead atoms. The van der Waals surface area contributed by atoms with E-state index in [9.17, 15) is 0 Å². The Morgan fingerprint density at radius 2 is 2.00 bits per heavy atom. The lowest BCUT2D eigenvalue weighted by Gasteiger charge is -2.26. The van der Waals surface area contributed by atoms with Crippen molar-refractivity contribution in [1.29, 1.82) is 0 Å². The highest BCUT2D eigenvalue weighted by Crippen LogP contribution is 2.50. The lowest BCUT2D eigenvalue weighted by atomic mass is 9.97. The normalized spacial score (nSPS) is 38.3. The number of ether oxygens (including phenoxy) is 1. The molecule has 0 N–H and O–H groups in total. The Hall–Kier alpha value is -0.460. The molecule has 0 atom stereocenters. The van der Waals surface area contributed by atoms with Gasteiger partial charge in [0.25, 0.3) is 0 Å². The Bertz CT molecular complexity index is 193. The van der Waals surface area contributed by atoms with Gasteiger partial charge >= 0.3 is 0 Å². The van der Waals surface area contributed by atoms with E-state index in [0.717, 1.165) is 5.92 Å². The quantitative estimate of drug-likeness (QED) is 0.572. The van der Waals surface area contributed by atoms with Gasteiger partial charge in [-0.2, -0.15) is 0 Å². The minimum atomic E-state index is 0.266. The molecular formula is C11H18O. The van der Waals surface area contributed by atoms with Gasteiger partial charge in [-0.25, -0.2) is 0 Å². The van der Waals surface area contributed by atoms with Gasteiger partial charge in [0, 0.05) is 0 Å². The van der Waals surface area contributed by atoms with Crippen LogP contribution in [-0.2, 0) is 4.74 Å². The molecule has 68 valence electrons. The van der Waals surface area contributed by atoms with Gasteiger partial charge in [-0.3, -0.25) is 0 Å². The molecule has 1 heteroatoms. The number of allylic oxidation sites excluding steroid dienone is 1. The zero-order valence-corrected chi connectivity index (χ0v) is 8.10. The van der Waals surface area contributed by atoms with Gasteiger partial charge < -0.3 is 4.74 Å². The summed E-state index contributed by atoms with van der Waals surface area (Å²) in [6.45, 7) is 4.19. The molecule has 0 heterocycles. The Kier molecular flexibility index (Phi) is 1.90. The molecule has 0 aliphatic heterocycles. The maximum absolute atomic E-state index is 5.88. The first-order valence-electron chi connectivity index (χ1n) is 5.01. The van der Waals surface area contributed by atoms with Crippen LogP contribution >= 0.6 is 0 Å². The molecule has 0 aromatic heterocycles. The molecule has 2 rings (SSSR count). The van der Waals surface area contributed by atoms with Crippen LogP contribution < -0.4 is 0 Å². The second kappa shape index (κ2) is 2.79. The molecule has 2 aliphatic rings. The monoisotopic (exact) mass is 166 g/mol. The first-order valence-corrected chi connectivity index (χ1v) is 5.01. The Balaban J connectivity index is 1.98. The van der Waals surface area contributed by atoms with Crippen molar-refractivity contribution in [3.8, 4) is 0 Å². The largest absolute Gasteiger partial charge is 0.495 e. The maximum Gasteiger partial charge on any atom is 0.108 e. The molecular weight excluding hydrogens is 148 g/mol. The van der Waals surface area contributed by atoms with Crippen LogP contribution in [-0.4, -0.2) is 5.60 Å². The van der Waals surface area contributed by atoms with Crippen LogP contribution in [0.15, 0.2) is 11.8 Å². The van der Waals surface area contributed by atoms with Crippen molar-refractivity contribution in [2.24, 2.45) is 5.92 Å². The SMILES string of the molecule is CC(C)=COC12CCC(CC1)C2. The van der Waals surface area contributed by atoms with E-state index in [-0.39, 0.29) is 5.60 Å². The predicted molar refractivity (Wildman–Crippen MR) is 49.8 cm³/mol. The van der Waals surface area contributed by atoms with Gasteiger partial charge in [-0.1, -0.05) is 0 Å². The highest BCUT2D eigenvalue weighted by Gasteiger charge is 2.46. The Morgan fingerprint density at radius 1 is 1.33 bits per heavy atom. The van der Waals surface area contributed by atoms with Crippen molar-refractivity contribution in [3.05, 3.63) is 11.8 Å². The second-order valence-corrected chi connectivity index (χ2v) is 4.64. The molecule has 0 amide bonds. The minimum Gasteiger partial charge on any atom is -0.495 e. The molecule has 12 heavy (non-hydrogen) atoms.